The van der Waals surface area contributed by atoms with E-state index in [0.29, 0.717) is 11.1 Å². The number of hydrogen-bond acceptors (Lipinski definition) is 5. The van der Waals surface area contributed by atoms with E-state index in [2.05, 4.69) is 10.1 Å². The molecule has 1 unspecified atom stereocenters. The molecule has 0 radical (unpaired) electrons. The molecule has 1 atom stereocenters. The van der Waals surface area contributed by atoms with Gasteiger partial charge in [-0.05, 0) is 50.1 Å². The molecule has 2 aromatic carbocycles. The number of carbonyl (C=O) groups excluding carboxylic acids is 1. The number of nitrogens with one attached hydrogen (secondary N) is 2. The number of esters is 1. The van der Waals surface area contributed by atoms with Gasteiger partial charge >= 0.3 is 12.1 Å². The minimum Gasteiger partial charge on any atom is -0.465 e. The van der Waals surface area contributed by atoms with Crippen LogP contribution in [0.1, 0.15) is 27.0 Å². The van der Waals surface area contributed by atoms with Crippen LogP contribution in [0.15, 0.2) is 41.3 Å². The SMILES string of the molecule is COC(=O)c1cccc(NCC(NS(=O)(=O)c2c(C)cc(C)cc2C)C(F)(F)F)c1. The third kappa shape index (κ3) is 5.73. The van der Waals surface area contributed by atoms with Crippen molar-refractivity contribution >= 4 is 21.7 Å². The topological polar surface area (TPSA) is 84.5 Å². The number of anilines is 1. The van der Waals surface area contributed by atoms with Crippen LogP contribution >= 0.6 is 0 Å². The van der Waals surface area contributed by atoms with Gasteiger partial charge in [-0.25, -0.2) is 13.2 Å². The molecule has 164 valence electrons. The summed E-state index contributed by atoms with van der Waals surface area (Å²) in [5.41, 5.74) is 1.90. The van der Waals surface area contributed by atoms with Crippen LogP contribution in [0.4, 0.5) is 18.9 Å². The summed E-state index contributed by atoms with van der Waals surface area (Å²) < 4.78 is 72.5. The summed E-state index contributed by atoms with van der Waals surface area (Å²) in [6.07, 6.45) is -4.84. The first-order chi connectivity index (χ1) is 13.8. The van der Waals surface area contributed by atoms with Crippen molar-refractivity contribution in [1.82, 2.24) is 4.72 Å². The van der Waals surface area contributed by atoms with E-state index in [4.69, 9.17) is 0 Å². The van der Waals surface area contributed by atoms with Gasteiger partial charge in [0.05, 0.1) is 17.6 Å². The first-order valence-corrected chi connectivity index (χ1v) is 10.4. The molecule has 0 bridgehead atoms. The lowest BCUT2D eigenvalue weighted by atomic mass is 10.1. The monoisotopic (exact) mass is 444 g/mol. The van der Waals surface area contributed by atoms with E-state index in [1.165, 1.54) is 45.2 Å². The summed E-state index contributed by atoms with van der Waals surface area (Å²) >= 11 is 0. The van der Waals surface area contributed by atoms with Crippen LogP contribution in [-0.2, 0) is 14.8 Å². The fourth-order valence-corrected chi connectivity index (χ4v) is 4.83. The quantitative estimate of drug-likeness (QED) is 0.636. The number of rotatable bonds is 7. The lowest BCUT2D eigenvalue weighted by Gasteiger charge is -2.23. The molecule has 10 heteroatoms. The first-order valence-electron chi connectivity index (χ1n) is 8.94. The second-order valence-corrected chi connectivity index (χ2v) is 8.55. The van der Waals surface area contributed by atoms with Gasteiger partial charge in [-0.2, -0.15) is 17.9 Å². The molecule has 2 N–H and O–H groups in total. The minimum absolute atomic E-state index is 0.151. The Morgan fingerprint density at radius 2 is 1.70 bits per heavy atom. The van der Waals surface area contributed by atoms with E-state index < -0.39 is 34.8 Å². The summed E-state index contributed by atoms with van der Waals surface area (Å²) in [6, 6.07) is 6.51. The number of carbonyl (C=O) groups is 1. The van der Waals surface area contributed by atoms with Crippen molar-refractivity contribution in [2.75, 3.05) is 19.0 Å². The van der Waals surface area contributed by atoms with Gasteiger partial charge < -0.3 is 10.1 Å². The second-order valence-electron chi connectivity index (χ2n) is 6.90. The average molecular weight is 444 g/mol. The van der Waals surface area contributed by atoms with Gasteiger partial charge in [0.1, 0.15) is 6.04 Å². The maximum Gasteiger partial charge on any atom is 0.406 e. The fraction of sp³-hybridized carbons (Fsp3) is 0.350. The highest BCUT2D eigenvalue weighted by atomic mass is 32.2. The summed E-state index contributed by atoms with van der Waals surface area (Å²) in [5, 5.41) is 2.53. The summed E-state index contributed by atoms with van der Waals surface area (Å²) in [7, 11) is -3.25. The van der Waals surface area contributed by atoms with Crippen LogP contribution in [0.5, 0.6) is 0 Å². The fourth-order valence-electron chi connectivity index (χ4n) is 3.15. The smallest absolute Gasteiger partial charge is 0.406 e. The van der Waals surface area contributed by atoms with E-state index in [-0.39, 0.29) is 16.1 Å². The van der Waals surface area contributed by atoms with Crippen LogP contribution in [0, 0.1) is 20.8 Å². The Morgan fingerprint density at radius 1 is 1.10 bits per heavy atom. The minimum atomic E-state index is -4.84. The number of ether oxygens (including phenoxy) is 1. The third-order valence-corrected chi connectivity index (χ3v) is 6.14. The number of hydrogen-bond donors (Lipinski definition) is 2. The van der Waals surface area contributed by atoms with E-state index in [9.17, 15) is 26.4 Å². The maximum atomic E-state index is 13.6. The molecule has 2 aromatic rings. The molecule has 0 amide bonds. The first kappa shape index (κ1) is 23.7. The molecule has 0 saturated heterocycles. The van der Waals surface area contributed by atoms with E-state index in [0.717, 1.165) is 5.56 Å². The number of halogens is 3. The van der Waals surface area contributed by atoms with Crippen molar-refractivity contribution < 1.29 is 31.1 Å². The number of methoxy groups -OCH3 is 1. The average Bonchev–Trinajstić information content (AvgIpc) is 2.62. The zero-order chi connectivity index (χ0) is 22.7. The molecule has 0 aliphatic heterocycles. The van der Waals surface area contributed by atoms with Gasteiger partial charge in [0.2, 0.25) is 10.0 Å². The predicted molar refractivity (Wildman–Crippen MR) is 107 cm³/mol. The molecule has 0 fully saturated rings. The molecule has 0 spiro atoms. The van der Waals surface area contributed by atoms with Crippen molar-refractivity contribution in [1.29, 1.82) is 0 Å². The summed E-state index contributed by atoms with van der Waals surface area (Å²) in [6.45, 7) is 4.08. The molecule has 0 heterocycles. The Balaban J connectivity index is 2.27. The van der Waals surface area contributed by atoms with Crippen LogP contribution < -0.4 is 10.0 Å². The summed E-state index contributed by atoms with van der Waals surface area (Å²) in [5.74, 6) is -0.642. The molecule has 6 nitrogen and oxygen atoms in total. The van der Waals surface area contributed by atoms with Crippen LogP contribution in [0.25, 0.3) is 0 Å². The Labute approximate surface area is 173 Å². The number of alkyl halides is 3. The molecular weight excluding hydrogens is 421 g/mol. The van der Waals surface area contributed by atoms with Crippen LogP contribution in [0.3, 0.4) is 0 Å². The number of sulfonamides is 1. The Hall–Kier alpha value is -2.59. The number of benzene rings is 2. The van der Waals surface area contributed by atoms with Gasteiger partial charge in [0.25, 0.3) is 0 Å². The Morgan fingerprint density at radius 3 is 2.23 bits per heavy atom. The van der Waals surface area contributed by atoms with E-state index >= 15 is 0 Å². The van der Waals surface area contributed by atoms with Crippen molar-refractivity contribution in [3.05, 3.63) is 58.7 Å². The van der Waals surface area contributed by atoms with Crippen LogP contribution in [-0.4, -0.2) is 40.3 Å². The number of aryl methyl sites for hydroxylation is 3. The van der Waals surface area contributed by atoms with Gasteiger partial charge in [0, 0.05) is 12.2 Å². The van der Waals surface area contributed by atoms with Crippen molar-refractivity contribution in [2.45, 2.75) is 37.9 Å². The van der Waals surface area contributed by atoms with Crippen molar-refractivity contribution in [3.63, 3.8) is 0 Å². The highest BCUT2D eigenvalue weighted by molar-refractivity contribution is 7.89. The maximum absolute atomic E-state index is 13.6. The van der Waals surface area contributed by atoms with Crippen molar-refractivity contribution in [2.24, 2.45) is 0 Å². The summed E-state index contributed by atoms with van der Waals surface area (Å²) in [4.78, 5) is 11.4. The Bertz CT molecular complexity index is 1010. The van der Waals surface area contributed by atoms with Gasteiger partial charge in [-0.15, -0.1) is 0 Å². The van der Waals surface area contributed by atoms with Gasteiger partial charge in [0.15, 0.2) is 0 Å². The molecule has 2 rings (SSSR count). The molecule has 0 aliphatic carbocycles. The largest absolute Gasteiger partial charge is 0.465 e. The Kier molecular flexibility index (Phi) is 7.14. The lowest BCUT2D eigenvalue weighted by molar-refractivity contribution is -0.148. The normalized spacial score (nSPS) is 13.0. The molecule has 0 aromatic heterocycles. The van der Waals surface area contributed by atoms with Crippen molar-refractivity contribution in [3.8, 4) is 0 Å². The molecular formula is C20H23F3N2O4S. The molecule has 0 aliphatic rings. The van der Waals surface area contributed by atoms with Crippen LogP contribution in [0.2, 0.25) is 0 Å². The van der Waals surface area contributed by atoms with Gasteiger partial charge in [-0.3, -0.25) is 0 Å². The molecule has 0 saturated carbocycles. The van der Waals surface area contributed by atoms with E-state index in [1.54, 1.807) is 23.8 Å². The standard InChI is InChI=1S/C20H23F3N2O4S/c1-12-8-13(2)18(14(3)9-12)30(27,28)25-17(20(21,22)23)11-24-16-7-5-6-15(10-16)19(26)29-4/h5-10,17,24-25H,11H2,1-4H3. The highest BCUT2D eigenvalue weighted by Gasteiger charge is 2.42. The van der Waals surface area contributed by atoms with Gasteiger partial charge in [-0.1, -0.05) is 23.8 Å². The molecule has 30 heavy (non-hydrogen) atoms. The lowest BCUT2D eigenvalue weighted by Crippen LogP contribution is -2.49. The zero-order valence-corrected chi connectivity index (χ0v) is 17.7. The zero-order valence-electron chi connectivity index (χ0n) is 16.9. The highest BCUT2D eigenvalue weighted by Crippen LogP contribution is 2.26. The third-order valence-electron chi connectivity index (χ3n) is 4.36. The predicted octanol–water partition coefficient (Wildman–Crippen LogP) is 3.72. The van der Waals surface area contributed by atoms with E-state index in [1.807, 2.05) is 0 Å². The second kappa shape index (κ2) is 9.05.